The molecule has 1 amide bonds. The lowest BCUT2D eigenvalue weighted by atomic mass is 10.0. The number of aliphatic imine (C=N–C) groups is 1. The Morgan fingerprint density at radius 3 is 2.68 bits per heavy atom. The lowest BCUT2D eigenvalue weighted by Crippen LogP contribution is -2.48. The van der Waals surface area contributed by atoms with Gasteiger partial charge in [0.25, 0.3) is 5.91 Å². The Kier molecular flexibility index (Phi) is 11.2. The molecule has 1 saturated heterocycles. The van der Waals surface area contributed by atoms with E-state index in [4.69, 9.17) is 10.5 Å². The highest BCUT2D eigenvalue weighted by atomic mass is 127. The molecule has 8 heteroatoms. The molecule has 0 saturated carbocycles. The van der Waals surface area contributed by atoms with E-state index in [-0.39, 0.29) is 30.6 Å². The summed E-state index contributed by atoms with van der Waals surface area (Å²) in [6.45, 7) is 8.48. The van der Waals surface area contributed by atoms with Crippen molar-refractivity contribution in [2.24, 2.45) is 16.6 Å². The normalized spacial score (nSPS) is 15.8. The molecule has 0 aliphatic carbocycles. The first-order valence-electron chi connectivity index (χ1n) is 9.66. The van der Waals surface area contributed by atoms with Crippen molar-refractivity contribution < 1.29 is 9.53 Å². The minimum absolute atomic E-state index is 0. The molecule has 4 N–H and O–H groups in total. The van der Waals surface area contributed by atoms with Gasteiger partial charge in [-0.1, -0.05) is 26.0 Å². The van der Waals surface area contributed by atoms with E-state index in [0.717, 1.165) is 37.5 Å². The molecule has 1 aliphatic rings. The number of likely N-dealkylation sites (tertiary alicyclic amines) is 1. The number of rotatable bonds is 8. The van der Waals surface area contributed by atoms with Gasteiger partial charge in [0.1, 0.15) is 5.75 Å². The van der Waals surface area contributed by atoms with E-state index < -0.39 is 5.91 Å². The molecule has 0 spiro atoms. The Morgan fingerprint density at radius 2 is 2.07 bits per heavy atom. The highest BCUT2D eigenvalue weighted by Crippen LogP contribution is 2.14. The summed E-state index contributed by atoms with van der Waals surface area (Å²) >= 11 is 0. The molecule has 1 aliphatic heterocycles. The zero-order valence-corrected chi connectivity index (χ0v) is 19.4. The first-order valence-corrected chi connectivity index (χ1v) is 9.66. The van der Waals surface area contributed by atoms with E-state index in [1.54, 1.807) is 7.05 Å². The molecule has 1 heterocycles. The summed E-state index contributed by atoms with van der Waals surface area (Å²) in [5.41, 5.74) is 6.16. The molecule has 28 heavy (non-hydrogen) atoms. The molecule has 1 aromatic rings. The van der Waals surface area contributed by atoms with Crippen LogP contribution in [0.1, 0.15) is 32.3 Å². The number of guanidine groups is 1. The number of hydrogen-bond donors (Lipinski definition) is 3. The summed E-state index contributed by atoms with van der Waals surface area (Å²) < 4.78 is 5.35. The summed E-state index contributed by atoms with van der Waals surface area (Å²) in [5.74, 6) is 1.67. The number of piperidine rings is 1. The van der Waals surface area contributed by atoms with Crippen molar-refractivity contribution >= 4 is 35.8 Å². The molecule has 0 radical (unpaired) electrons. The summed E-state index contributed by atoms with van der Waals surface area (Å²) in [7, 11) is 1.79. The van der Waals surface area contributed by atoms with Crippen molar-refractivity contribution in [3.63, 3.8) is 0 Å². The number of nitrogens with zero attached hydrogens (tertiary/aromatic N) is 2. The second kappa shape index (κ2) is 12.8. The number of nitrogens with one attached hydrogen (secondary N) is 2. The van der Waals surface area contributed by atoms with E-state index in [0.29, 0.717) is 24.3 Å². The second-order valence-corrected chi connectivity index (χ2v) is 7.44. The molecule has 0 bridgehead atoms. The minimum atomic E-state index is -0.484. The summed E-state index contributed by atoms with van der Waals surface area (Å²) in [6.07, 6.45) is 2.26. The van der Waals surface area contributed by atoms with Gasteiger partial charge in [0.2, 0.25) is 0 Å². The van der Waals surface area contributed by atoms with Gasteiger partial charge in [0, 0.05) is 39.3 Å². The van der Waals surface area contributed by atoms with Crippen LogP contribution in [-0.4, -0.2) is 56.1 Å². The molecule has 0 atom stereocenters. The topological polar surface area (TPSA) is 92.0 Å². The van der Waals surface area contributed by atoms with Gasteiger partial charge < -0.3 is 26.0 Å². The number of carbonyl (C=O) groups is 1. The van der Waals surface area contributed by atoms with Gasteiger partial charge in [0.15, 0.2) is 12.6 Å². The van der Waals surface area contributed by atoms with Crippen LogP contribution in [0, 0.1) is 5.92 Å². The quantitative estimate of drug-likeness (QED) is 0.287. The highest BCUT2D eigenvalue weighted by Gasteiger charge is 2.20. The standard InChI is InChI=1S/C20H33N5O2.HI/c1-15(2)13-25-9-7-17(8-10-25)24-20(22-3)23-12-16-5-4-6-18(11-16)27-14-19(21)26;/h4-6,11,15,17H,7-10,12-14H2,1-3H3,(H2,21,26)(H2,22,23,24);1H. The fourth-order valence-corrected chi connectivity index (χ4v) is 3.25. The average molecular weight is 503 g/mol. The van der Waals surface area contributed by atoms with E-state index in [1.807, 2.05) is 24.3 Å². The average Bonchev–Trinajstić information content (AvgIpc) is 2.64. The van der Waals surface area contributed by atoms with Gasteiger partial charge in [-0.2, -0.15) is 0 Å². The Morgan fingerprint density at radius 1 is 1.36 bits per heavy atom. The molecule has 158 valence electrons. The molecule has 0 aromatic heterocycles. The summed E-state index contributed by atoms with van der Waals surface area (Å²) in [4.78, 5) is 17.7. The smallest absolute Gasteiger partial charge is 0.255 e. The first-order chi connectivity index (χ1) is 13.0. The Balaban J connectivity index is 0.00000392. The number of benzene rings is 1. The van der Waals surface area contributed by atoms with E-state index in [2.05, 4.69) is 34.4 Å². The zero-order chi connectivity index (χ0) is 19.6. The van der Waals surface area contributed by atoms with Gasteiger partial charge in [-0.3, -0.25) is 9.79 Å². The van der Waals surface area contributed by atoms with Gasteiger partial charge in [-0.15, -0.1) is 24.0 Å². The van der Waals surface area contributed by atoms with Crippen LogP contribution < -0.4 is 21.1 Å². The molecule has 1 fully saturated rings. The van der Waals surface area contributed by atoms with Gasteiger partial charge in [-0.05, 0) is 36.5 Å². The summed E-state index contributed by atoms with van der Waals surface area (Å²) in [6, 6.07) is 8.05. The van der Waals surface area contributed by atoms with Gasteiger partial charge >= 0.3 is 0 Å². The molecule has 2 rings (SSSR count). The van der Waals surface area contributed by atoms with Crippen LogP contribution >= 0.6 is 24.0 Å². The lowest BCUT2D eigenvalue weighted by Gasteiger charge is -2.34. The van der Waals surface area contributed by atoms with Crippen LogP contribution in [0.2, 0.25) is 0 Å². The Labute approximate surface area is 185 Å². The van der Waals surface area contributed by atoms with Crippen LogP contribution in [0.4, 0.5) is 0 Å². The number of primary amides is 1. The van der Waals surface area contributed by atoms with Crippen molar-refractivity contribution in [1.82, 2.24) is 15.5 Å². The van der Waals surface area contributed by atoms with Crippen molar-refractivity contribution in [2.75, 3.05) is 33.3 Å². The molecule has 7 nitrogen and oxygen atoms in total. The molecular weight excluding hydrogens is 469 g/mol. The number of nitrogens with two attached hydrogens (primary N) is 1. The second-order valence-electron chi connectivity index (χ2n) is 7.44. The van der Waals surface area contributed by atoms with Crippen molar-refractivity contribution in [3.05, 3.63) is 29.8 Å². The summed E-state index contributed by atoms with van der Waals surface area (Å²) in [5, 5.41) is 6.87. The minimum Gasteiger partial charge on any atom is -0.484 e. The Hall–Kier alpha value is -1.55. The van der Waals surface area contributed by atoms with Crippen molar-refractivity contribution in [1.29, 1.82) is 0 Å². The maximum atomic E-state index is 10.8. The molecule has 1 aromatic carbocycles. The maximum absolute atomic E-state index is 10.8. The van der Waals surface area contributed by atoms with E-state index in [9.17, 15) is 4.79 Å². The number of amides is 1. The SMILES string of the molecule is CN=C(NCc1cccc(OCC(N)=O)c1)NC1CCN(CC(C)C)CC1.I. The van der Waals surface area contributed by atoms with Crippen LogP contribution in [-0.2, 0) is 11.3 Å². The third-order valence-electron chi connectivity index (χ3n) is 4.51. The predicted octanol–water partition coefficient (Wildman–Crippen LogP) is 1.95. The zero-order valence-electron chi connectivity index (χ0n) is 17.1. The first kappa shape index (κ1) is 24.5. The lowest BCUT2D eigenvalue weighted by molar-refractivity contribution is -0.119. The fourth-order valence-electron chi connectivity index (χ4n) is 3.25. The van der Waals surface area contributed by atoms with Crippen LogP contribution in [0.5, 0.6) is 5.75 Å². The predicted molar refractivity (Wildman–Crippen MR) is 124 cm³/mol. The number of hydrogen-bond acceptors (Lipinski definition) is 4. The number of halogens is 1. The largest absolute Gasteiger partial charge is 0.484 e. The monoisotopic (exact) mass is 503 g/mol. The van der Waals surface area contributed by atoms with Gasteiger partial charge in [0.05, 0.1) is 0 Å². The Bertz CT molecular complexity index is 631. The van der Waals surface area contributed by atoms with E-state index >= 15 is 0 Å². The van der Waals surface area contributed by atoms with Gasteiger partial charge in [-0.25, -0.2) is 0 Å². The van der Waals surface area contributed by atoms with Crippen LogP contribution in [0.15, 0.2) is 29.3 Å². The third-order valence-corrected chi connectivity index (χ3v) is 4.51. The van der Waals surface area contributed by atoms with Crippen LogP contribution in [0.25, 0.3) is 0 Å². The highest BCUT2D eigenvalue weighted by molar-refractivity contribution is 14.0. The number of carbonyl (C=O) groups excluding carboxylic acids is 1. The fraction of sp³-hybridized carbons (Fsp3) is 0.600. The third kappa shape index (κ3) is 9.09. The van der Waals surface area contributed by atoms with Crippen LogP contribution in [0.3, 0.4) is 0 Å². The number of ether oxygens (including phenoxy) is 1. The molecular formula is C20H34IN5O2. The maximum Gasteiger partial charge on any atom is 0.255 e. The van der Waals surface area contributed by atoms with E-state index in [1.165, 1.54) is 6.54 Å². The molecule has 0 unspecified atom stereocenters. The van der Waals surface area contributed by atoms with Crippen molar-refractivity contribution in [2.45, 2.75) is 39.3 Å². The van der Waals surface area contributed by atoms with Crippen molar-refractivity contribution in [3.8, 4) is 5.75 Å².